The van der Waals surface area contributed by atoms with E-state index in [0.29, 0.717) is 5.82 Å². The Morgan fingerprint density at radius 2 is 2.05 bits per heavy atom. The second-order valence-electron chi connectivity index (χ2n) is 4.60. The van der Waals surface area contributed by atoms with Crippen molar-refractivity contribution in [3.8, 4) is 16.9 Å². The van der Waals surface area contributed by atoms with E-state index in [4.69, 9.17) is 5.73 Å². The fourth-order valence-corrected chi connectivity index (χ4v) is 2.35. The zero-order valence-electron chi connectivity index (χ0n) is 11.3. The number of para-hydroxylation sites is 1. The van der Waals surface area contributed by atoms with Crippen molar-refractivity contribution in [1.29, 1.82) is 0 Å². The molecule has 1 aromatic carbocycles. The van der Waals surface area contributed by atoms with E-state index in [-0.39, 0.29) is 0 Å². The molecule has 2 N–H and O–H groups in total. The van der Waals surface area contributed by atoms with Crippen molar-refractivity contribution in [3.05, 3.63) is 60.7 Å². The molecule has 0 saturated carbocycles. The second-order valence-corrected chi connectivity index (χ2v) is 4.60. The fraction of sp³-hybridized carbons (Fsp3) is 0.125. The van der Waals surface area contributed by atoms with Gasteiger partial charge in [-0.2, -0.15) is 0 Å². The number of aromatic nitrogens is 3. The van der Waals surface area contributed by atoms with Crippen LogP contribution in [0.1, 0.15) is 12.5 Å². The van der Waals surface area contributed by atoms with Gasteiger partial charge in [0.15, 0.2) is 0 Å². The van der Waals surface area contributed by atoms with Gasteiger partial charge in [0, 0.05) is 11.8 Å². The van der Waals surface area contributed by atoms with Crippen LogP contribution in [-0.2, 0) is 6.42 Å². The SMILES string of the molecule is CCc1ccccc1-n1cncc1-c1ccnc(N)c1. The molecule has 0 unspecified atom stereocenters. The van der Waals surface area contributed by atoms with Crippen LogP contribution in [0, 0.1) is 0 Å². The summed E-state index contributed by atoms with van der Waals surface area (Å²) in [6.45, 7) is 2.15. The Morgan fingerprint density at radius 3 is 2.85 bits per heavy atom. The molecule has 0 radical (unpaired) electrons. The molecule has 3 rings (SSSR count). The van der Waals surface area contributed by atoms with E-state index < -0.39 is 0 Å². The van der Waals surface area contributed by atoms with Crippen LogP contribution < -0.4 is 5.73 Å². The lowest BCUT2D eigenvalue weighted by Crippen LogP contribution is -2.00. The number of anilines is 1. The minimum atomic E-state index is 0.513. The minimum Gasteiger partial charge on any atom is -0.384 e. The smallest absolute Gasteiger partial charge is 0.123 e. The van der Waals surface area contributed by atoms with Gasteiger partial charge in [-0.1, -0.05) is 25.1 Å². The number of nitrogens with two attached hydrogens (primary N) is 1. The molecule has 0 spiro atoms. The first-order valence-corrected chi connectivity index (χ1v) is 6.62. The summed E-state index contributed by atoms with van der Waals surface area (Å²) in [5.41, 5.74) is 10.2. The molecular formula is C16H16N4. The molecule has 4 nitrogen and oxygen atoms in total. The highest BCUT2D eigenvalue weighted by atomic mass is 15.1. The molecule has 0 aliphatic heterocycles. The highest BCUT2D eigenvalue weighted by molar-refractivity contribution is 5.64. The molecule has 0 aliphatic rings. The van der Waals surface area contributed by atoms with Crippen LogP contribution in [0.15, 0.2) is 55.1 Å². The molecule has 0 aliphatic carbocycles. The quantitative estimate of drug-likeness (QED) is 0.791. The van der Waals surface area contributed by atoms with E-state index in [9.17, 15) is 0 Å². The van der Waals surface area contributed by atoms with Crippen LogP contribution in [0.2, 0.25) is 0 Å². The van der Waals surface area contributed by atoms with Crippen molar-refractivity contribution in [2.45, 2.75) is 13.3 Å². The third kappa shape index (κ3) is 2.16. The molecule has 0 saturated heterocycles. The number of hydrogen-bond acceptors (Lipinski definition) is 3. The van der Waals surface area contributed by atoms with Crippen molar-refractivity contribution in [1.82, 2.24) is 14.5 Å². The molecule has 0 bridgehead atoms. The monoisotopic (exact) mass is 264 g/mol. The highest BCUT2D eigenvalue weighted by Crippen LogP contribution is 2.25. The number of rotatable bonds is 3. The second kappa shape index (κ2) is 5.17. The Bertz CT molecular complexity index is 731. The van der Waals surface area contributed by atoms with Crippen LogP contribution >= 0.6 is 0 Å². The summed E-state index contributed by atoms with van der Waals surface area (Å²) in [4.78, 5) is 8.32. The van der Waals surface area contributed by atoms with Crippen LogP contribution in [0.25, 0.3) is 16.9 Å². The number of pyridine rings is 1. The average Bonchev–Trinajstić information content (AvgIpc) is 2.96. The van der Waals surface area contributed by atoms with Gasteiger partial charge < -0.3 is 5.73 Å². The average molecular weight is 264 g/mol. The molecule has 20 heavy (non-hydrogen) atoms. The molecular weight excluding hydrogens is 248 g/mol. The van der Waals surface area contributed by atoms with Crippen molar-refractivity contribution in [3.63, 3.8) is 0 Å². The maximum absolute atomic E-state index is 5.77. The lowest BCUT2D eigenvalue weighted by Gasteiger charge is -2.12. The van der Waals surface area contributed by atoms with Crippen LogP contribution in [0.4, 0.5) is 5.82 Å². The third-order valence-electron chi connectivity index (χ3n) is 3.35. The Labute approximate surface area is 117 Å². The van der Waals surface area contributed by atoms with Gasteiger partial charge in [0.1, 0.15) is 5.82 Å². The molecule has 100 valence electrons. The predicted octanol–water partition coefficient (Wildman–Crippen LogP) is 3.08. The van der Waals surface area contributed by atoms with E-state index in [2.05, 4.69) is 39.7 Å². The molecule has 0 amide bonds. The summed E-state index contributed by atoms with van der Waals surface area (Å²) in [6.07, 6.45) is 6.38. The number of nitrogen functional groups attached to an aromatic ring is 1. The number of aryl methyl sites for hydroxylation is 1. The molecule has 0 atom stereocenters. The van der Waals surface area contributed by atoms with Crippen molar-refractivity contribution < 1.29 is 0 Å². The molecule has 4 heteroatoms. The topological polar surface area (TPSA) is 56.7 Å². The van der Waals surface area contributed by atoms with Gasteiger partial charge in [0.2, 0.25) is 0 Å². The van der Waals surface area contributed by atoms with Gasteiger partial charge in [-0.05, 0) is 30.2 Å². The van der Waals surface area contributed by atoms with Gasteiger partial charge >= 0.3 is 0 Å². The largest absolute Gasteiger partial charge is 0.384 e. The summed E-state index contributed by atoms with van der Waals surface area (Å²) in [5, 5.41) is 0. The van der Waals surface area contributed by atoms with Crippen molar-refractivity contribution >= 4 is 5.82 Å². The number of imidazole rings is 1. The Morgan fingerprint density at radius 1 is 1.20 bits per heavy atom. The zero-order chi connectivity index (χ0) is 13.9. The molecule has 2 heterocycles. The number of hydrogen-bond donors (Lipinski definition) is 1. The van der Waals surface area contributed by atoms with E-state index in [1.807, 2.05) is 30.7 Å². The van der Waals surface area contributed by atoms with Crippen molar-refractivity contribution in [2.24, 2.45) is 0 Å². The standard InChI is InChI=1S/C16H16N4/c1-2-12-5-3-4-6-14(12)20-11-18-10-15(20)13-7-8-19-16(17)9-13/h3-11H,2H2,1H3,(H2,17,19). The Kier molecular flexibility index (Phi) is 3.21. The minimum absolute atomic E-state index is 0.513. The van der Waals surface area contributed by atoms with E-state index in [0.717, 1.165) is 23.4 Å². The molecule has 2 aromatic heterocycles. The maximum Gasteiger partial charge on any atom is 0.123 e. The fourth-order valence-electron chi connectivity index (χ4n) is 2.35. The normalized spacial score (nSPS) is 10.7. The third-order valence-corrected chi connectivity index (χ3v) is 3.35. The predicted molar refractivity (Wildman–Crippen MR) is 80.6 cm³/mol. The number of benzene rings is 1. The van der Waals surface area contributed by atoms with Gasteiger partial charge in [-0.25, -0.2) is 9.97 Å². The van der Waals surface area contributed by atoms with E-state index in [1.54, 1.807) is 6.20 Å². The first kappa shape index (κ1) is 12.4. The van der Waals surface area contributed by atoms with E-state index in [1.165, 1.54) is 5.56 Å². The number of nitrogens with zero attached hydrogens (tertiary/aromatic N) is 3. The van der Waals surface area contributed by atoms with Gasteiger partial charge in [0.25, 0.3) is 0 Å². The highest BCUT2D eigenvalue weighted by Gasteiger charge is 2.09. The van der Waals surface area contributed by atoms with E-state index >= 15 is 0 Å². The molecule has 0 fully saturated rings. The summed E-state index contributed by atoms with van der Waals surface area (Å²) in [5.74, 6) is 0.513. The summed E-state index contributed by atoms with van der Waals surface area (Å²) in [6, 6.07) is 12.2. The summed E-state index contributed by atoms with van der Waals surface area (Å²) in [7, 11) is 0. The summed E-state index contributed by atoms with van der Waals surface area (Å²) < 4.78 is 2.09. The Balaban J connectivity index is 2.15. The van der Waals surface area contributed by atoms with Crippen molar-refractivity contribution in [2.75, 3.05) is 5.73 Å². The first-order chi connectivity index (χ1) is 9.79. The zero-order valence-corrected chi connectivity index (χ0v) is 11.3. The lowest BCUT2D eigenvalue weighted by atomic mass is 10.1. The molecule has 3 aromatic rings. The van der Waals surface area contributed by atoms with Gasteiger partial charge in [0.05, 0.1) is 23.9 Å². The lowest BCUT2D eigenvalue weighted by molar-refractivity contribution is 1.01. The van der Waals surface area contributed by atoms with Crippen LogP contribution in [-0.4, -0.2) is 14.5 Å². The van der Waals surface area contributed by atoms with Gasteiger partial charge in [-0.15, -0.1) is 0 Å². The first-order valence-electron chi connectivity index (χ1n) is 6.62. The maximum atomic E-state index is 5.77. The van der Waals surface area contributed by atoms with Crippen LogP contribution in [0.3, 0.4) is 0 Å². The Hall–Kier alpha value is -2.62. The summed E-state index contributed by atoms with van der Waals surface area (Å²) >= 11 is 0. The van der Waals surface area contributed by atoms with Crippen LogP contribution in [0.5, 0.6) is 0 Å². The van der Waals surface area contributed by atoms with Gasteiger partial charge in [-0.3, -0.25) is 4.57 Å².